The Morgan fingerprint density at radius 3 is 2.63 bits per heavy atom. The van der Waals surface area contributed by atoms with Crippen molar-refractivity contribution >= 4 is 11.8 Å². The number of methoxy groups -OCH3 is 2. The minimum absolute atomic E-state index is 0.0178. The Balaban J connectivity index is 1.79. The van der Waals surface area contributed by atoms with E-state index in [0.29, 0.717) is 13.0 Å². The van der Waals surface area contributed by atoms with Gasteiger partial charge >= 0.3 is 5.97 Å². The molecule has 160 valence electrons. The van der Waals surface area contributed by atoms with Crippen LogP contribution in [0.5, 0.6) is 0 Å². The molecule has 0 amide bonds. The SMILES string of the molecule is COC[C@H]1CCC2/C1=C\[C@@]1(C)CCC(Cc3ccccc3)=C1CC(=O)[C@H]2C(=O)OC. The van der Waals surface area contributed by atoms with Crippen molar-refractivity contribution in [3.63, 3.8) is 0 Å². The predicted molar refractivity (Wildman–Crippen MR) is 116 cm³/mol. The molecule has 4 atom stereocenters. The molecular formula is C26H32O4. The van der Waals surface area contributed by atoms with E-state index in [9.17, 15) is 9.59 Å². The predicted octanol–water partition coefficient (Wildman–Crippen LogP) is 4.69. The first-order valence-corrected chi connectivity index (χ1v) is 11.0. The second-order valence-corrected chi connectivity index (χ2v) is 9.29. The number of carbonyl (C=O) groups is 2. The van der Waals surface area contributed by atoms with E-state index in [0.717, 1.165) is 32.1 Å². The van der Waals surface area contributed by atoms with Crippen LogP contribution in [0.3, 0.4) is 0 Å². The normalized spacial score (nSPS) is 32.7. The van der Waals surface area contributed by atoms with Gasteiger partial charge in [-0.15, -0.1) is 0 Å². The number of benzene rings is 1. The molecule has 4 heteroatoms. The highest BCUT2D eigenvalue weighted by molar-refractivity contribution is 6.01. The number of hydrogen-bond donors (Lipinski definition) is 0. The lowest BCUT2D eigenvalue weighted by atomic mass is 9.70. The molecule has 1 unspecified atom stereocenters. The standard InChI is InChI=1S/C26H32O4/c1-26-12-11-18(13-17-7-5-4-6-8-17)22(26)14-23(27)24(25(28)30-3)20-10-9-19(16-29-2)21(20)15-26/h4-8,15,19-20,24H,9-14,16H2,1-3H3/b21-15-/t19-,20?,24+,26-/m1/s1. The number of carbonyl (C=O) groups excluding carboxylic acids is 2. The Labute approximate surface area is 179 Å². The maximum absolute atomic E-state index is 13.5. The van der Waals surface area contributed by atoms with E-state index in [1.165, 1.54) is 29.4 Å². The van der Waals surface area contributed by atoms with Crippen LogP contribution in [0.1, 0.15) is 44.6 Å². The van der Waals surface area contributed by atoms with E-state index in [-0.39, 0.29) is 29.0 Å². The summed E-state index contributed by atoms with van der Waals surface area (Å²) in [4.78, 5) is 26.1. The van der Waals surface area contributed by atoms with E-state index in [1.807, 2.05) is 6.07 Å². The van der Waals surface area contributed by atoms with Crippen molar-refractivity contribution in [1.82, 2.24) is 0 Å². The Hall–Kier alpha value is -2.20. The van der Waals surface area contributed by atoms with E-state index in [2.05, 4.69) is 37.3 Å². The number of rotatable bonds is 5. The molecule has 3 aliphatic rings. The third kappa shape index (κ3) is 3.78. The molecule has 0 spiro atoms. The largest absolute Gasteiger partial charge is 0.468 e. The summed E-state index contributed by atoms with van der Waals surface area (Å²) < 4.78 is 10.6. The summed E-state index contributed by atoms with van der Waals surface area (Å²) >= 11 is 0. The van der Waals surface area contributed by atoms with Crippen LogP contribution in [0.15, 0.2) is 53.1 Å². The number of esters is 1. The van der Waals surface area contributed by atoms with E-state index in [4.69, 9.17) is 9.47 Å². The molecule has 0 bridgehead atoms. The molecular weight excluding hydrogens is 376 g/mol. The van der Waals surface area contributed by atoms with Gasteiger partial charge < -0.3 is 9.47 Å². The lowest BCUT2D eigenvalue weighted by Gasteiger charge is -2.33. The summed E-state index contributed by atoms with van der Waals surface area (Å²) in [7, 11) is 3.11. The zero-order valence-electron chi connectivity index (χ0n) is 18.3. The van der Waals surface area contributed by atoms with Crippen LogP contribution in [0.2, 0.25) is 0 Å². The van der Waals surface area contributed by atoms with Crippen LogP contribution in [0, 0.1) is 23.2 Å². The summed E-state index contributed by atoms with van der Waals surface area (Å²) in [6.45, 7) is 2.91. The third-order valence-corrected chi connectivity index (χ3v) is 7.46. The second kappa shape index (κ2) is 8.50. The monoisotopic (exact) mass is 408 g/mol. The van der Waals surface area contributed by atoms with Gasteiger partial charge in [0.2, 0.25) is 0 Å². The van der Waals surface area contributed by atoms with E-state index in [1.54, 1.807) is 7.11 Å². The van der Waals surface area contributed by atoms with Gasteiger partial charge in [-0.25, -0.2) is 0 Å². The number of hydrogen-bond acceptors (Lipinski definition) is 4. The summed E-state index contributed by atoms with van der Waals surface area (Å²) in [6.07, 6.45) is 7.46. The first kappa shape index (κ1) is 21.0. The molecule has 1 saturated carbocycles. The minimum atomic E-state index is -0.696. The second-order valence-electron chi connectivity index (χ2n) is 9.29. The molecule has 0 aromatic heterocycles. The number of allylic oxidation sites excluding steroid dienone is 3. The Morgan fingerprint density at radius 2 is 1.93 bits per heavy atom. The lowest BCUT2D eigenvalue weighted by molar-refractivity contribution is -0.151. The van der Waals surface area contributed by atoms with Crippen LogP contribution < -0.4 is 0 Å². The van der Waals surface area contributed by atoms with E-state index >= 15 is 0 Å². The smallest absolute Gasteiger partial charge is 0.316 e. The van der Waals surface area contributed by atoms with Crippen molar-refractivity contribution in [2.45, 2.75) is 45.4 Å². The van der Waals surface area contributed by atoms with Crippen LogP contribution in [-0.4, -0.2) is 32.6 Å². The van der Waals surface area contributed by atoms with Crippen LogP contribution in [0.4, 0.5) is 0 Å². The van der Waals surface area contributed by atoms with Crippen LogP contribution in [0.25, 0.3) is 0 Å². The van der Waals surface area contributed by atoms with Gasteiger partial charge in [0.25, 0.3) is 0 Å². The zero-order valence-corrected chi connectivity index (χ0v) is 18.3. The van der Waals surface area contributed by atoms with Gasteiger partial charge in [0.15, 0.2) is 5.78 Å². The van der Waals surface area contributed by atoms with Gasteiger partial charge in [-0.3, -0.25) is 9.59 Å². The van der Waals surface area contributed by atoms with Crippen molar-refractivity contribution < 1.29 is 19.1 Å². The van der Waals surface area contributed by atoms with Crippen LogP contribution >= 0.6 is 0 Å². The molecule has 3 aliphatic carbocycles. The van der Waals surface area contributed by atoms with Gasteiger partial charge in [-0.05, 0) is 37.7 Å². The molecule has 0 saturated heterocycles. The average Bonchev–Trinajstić information content (AvgIpc) is 3.24. The quantitative estimate of drug-likeness (QED) is 0.403. The highest BCUT2D eigenvalue weighted by Gasteiger charge is 2.48. The van der Waals surface area contributed by atoms with E-state index < -0.39 is 5.92 Å². The van der Waals surface area contributed by atoms with Gasteiger partial charge in [0, 0.05) is 30.8 Å². The average molecular weight is 409 g/mol. The summed E-state index contributed by atoms with van der Waals surface area (Å²) in [6, 6.07) is 10.4. The molecule has 1 aromatic rings. The first-order chi connectivity index (χ1) is 14.5. The maximum atomic E-state index is 13.5. The molecule has 30 heavy (non-hydrogen) atoms. The fourth-order valence-electron chi connectivity index (χ4n) is 5.92. The maximum Gasteiger partial charge on any atom is 0.316 e. The van der Waals surface area contributed by atoms with Crippen molar-refractivity contribution in [3.05, 3.63) is 58.7 Å². The molecule has 4 rings (SSSR count). The summed E-state index contributed by atoms with van der Waals surface area (Å²) in [5.41, 5.74) is 4.97. The summed E-state index contributed by atoms with van der Waals surface area (Å²) in [5.74, 6) is -0.848. The van der Waals surface area contributed by atoms with Crippen LogP contribution in [-0.2, 0) is 25.5 Å². The van der Waals surface area contributed by atoms with Gasteiger partial charge in [-0.1, -0.05) is 60.1 Å². The Kier molecular flexibility index (Phi) is 5.97. The molecule has 0 N–H and O–H groups in total. The first-order valence-electron chi connectivity index (χ1n) is 11.0. The van der Waals surface area contributed by atoms with Gasteiger partial charge in [0.1, 0.15) is 5.92 Å². The molecule has 1 fully saturated rings. The molecule has 4 nitrogen and oxygen atoms in total. The number of ketones is 1. The summed E-state index contributed by atoms with van der Waals surface area (Å²) in [5, 5.41) is 0. The molecule has 0 heterocycles. The molecule has 0 radical (unpaired) electrons. The highest BCUT2D eigenvalue weighted by atomic mass is 16.5. The molecule has 0 aliphatic heterocycles. The lowest BCUT2D eigenvalue weighted by Crippen LogP contribution is -2.36. The number of fused-ring (bicyclic) bond motifs is 2. The van der Waals surface area contributed by atoms with Gasteiger partial charge in [0.05, 0.1) is 13.7 Å². The fraction of sp³-hybridized carbons (Fsp3) is 0.538. The zero-order chi connectivity index (χ0) is 21.3. The van der Waals surface area contributed by atoms with Crippen molar-refractivity contribution in [3.8, 4) is 0 Å². The fourth-order valence-corrected chi connectivity index (χ4v) is 5.92. The Bertz CT molecular complexity index is 882. The third-order valence-electron chi connectivity index (χ3n) is 7.46. The number of Topliss-reactive ketones (excluding diaryl/α,β-unsaturated/α-hetero) is 1. The van der Waals surface area contributed by atoms with Crippen molar-refractivity contribution in [2.75, 3.05) is 20.8 Å². The van der Waals surface area contributed by atoms with Gasteiger partial charge in [-0.2, -0.15) is 0 Å². The van der Waals surface area contributed by atoms with Crippen molar-refractivity contribution in [1.29, 1.82) is 0 Å². The number of ether oxygens (including phenoxy) is 2. The Morgan fingerprint density at radius 1 is 1.17 bits per heavy atom. The topological polar surface area (TPSA) is 52.6 Å². The molecule has 1 aromatic carbocycles. The van der Waals surface area contributed by atoms with Crippen molar-refractivity contribution in [2.24, 2.45) is 23.2 Å². The minimum Gasteiger partial charge on any atom is -0.468 e. The highest BCUT2D eigenvalue weighted by Crippen LogP contribution is 2.53.